The summed E-state index contributed by atoms with van der Waals surface area (Å²) in [4.78, 5) is 0. The Bertz CT molecular complexity index is 983. The monoisotopic (exact) mass is 432 g/mol. The van der Waals surface area contributed by atoms with Gasteiger partial charge in [-0.1, -0.05) is 30.3 Å². The molecule has 0 fully saturated rings. The molecule has 6 nitrogen and oxygen atoms in total. The fraction of sp³-hybridized carbons (Fsp3) is 0.167. The third-order valence-corrected chi connectivity index (χ3v) is 4.53. The Morgan fingerprint density at radius 2 is 2.04 bits per heavy atom. The third-order valence-electron chi connectivity index (χ3n) is 3.58. The van der Waals surface area contributed by atoms with Gasteiger partial charge in [-0.2, -0.15) is 14.9 Å². The number of benzene rings is 2. The van der Waals surface area contributed by atoms with E-state index in [0.717, 1.165) is 15.6 Å². The second-order valence-electron chi connectivity index (χ2n) is 5.23. The van der Waals surface area contributed by atoms with Crippen molar-refractivity contribution in [2.24, 2.45) is 5.10 Å². The van der Waals surface area contributed by atoms with E-state index >= 15 is 0 Å². The Morgan fingerprint density at radius 1 is 1.27 bits per heavy atom. The highest BCUT2D eigenvalue weighted by Gasteiger charge is 2.10. The Morgan fingerprint density at radius 3 is 2.73 bits per heavy atom. The summed E-state index contributed by atoms with van der Waals surface area (Å²) in [5.41, 5.74) is 1.74. The maximum atomic E-state index is 5.57. The van der Waals surface area contributed by atoms with Crippen LogP contribution in [-0.2, 0) is 0 Å². The van der Waals surface area contributed by atoms with Crippen LogP contribution < -0.4 is 9.47 Å². The highest BCUT2D eigenvalue weighted by Crippen LogP contribution is 2.33. The molecule has 2 aromatic carbocycles. The van der Waals surface area contributed by atoms with Crippen molar-refractivity contribution in [3.8, 4) is 22.9 Å². The maximum absolute atomic E-state index is 5.57. The topological polar surface area (TPSA) is 64.4 Å². The van der Waals surface area contributed by atoms with E-state index in [1.165, 1.54) is 0 Å². The largest absolute Gasteiger partial charge is 0.493 e. The van der Waals surface area contributed by atoms with E-state index in [9.17, 15) is 0 Å². The van der Waals surface area contributed by atoms with Crippen molar-refractivity contribution in [1.29, 1.82) is 0 Å². The Balaban J connectivity index is 1.99. The molecule has 26 heavy (non-hydrogen) atoms. The lowest BCUT2D eigenvalue weighted by molar-refractivity contribution is 0.310. The Labute approximate surface area is 164 Å². The SMILES string of the molecule is CCOc1cc(Br)c(/C=N\n2c(-c3ccccc3)n[nH]c2=S)cc1OC. The highest BCUT2D eigenvalue weighted by molar-refractivity contribution is 9.10. The Hall–Kier alpha value is -2.45. The van der Waals surface area contributed by atoms with Gasteiger partial charge in [0.25, 0.3) is 0 Å². The molecule has 0 bridgehead atoms. The normalized spacial score (nSPS) is 11.0. The molecule has 0 unspecified atom stereocenters. The molecular weight excluding hydrogens is 416 g/mol. The van der Waals surface area contributed by atoms with Crippen LogP contribution in [-0.4, -0.2) is 34.8 Å². The summed E-state index contributed by atoms with van der Waals surface area (Å²) < 4.78 is 13.8. The van der Waals surface area contributed by atoms with Crippen LogP contribution in [0.3, 0.4) is 0 Å². The zero-order valence-corrected chi connectivity index (χ0v) is 16.7. The fourth-order valence-electron chi connectivity index (χ4n) is 2.37. The zero-order valence-electron chi connectivity index (χ0n) is 14.3. The molecule has 1 N–H and O–H groups in total. The van der Waals surface area contributed by atoms with Crippen molar-refractivity contribution in [3.05, 3.63) is 57.3 Å². The predicted octanol–water partition coefficient (Wildman–Crippen LogP) is 4.66. The van der Waals surface area contributed by atoms with Gasteiger partial charge in [0, 0.05) is 15.6 Å². The van der Waals surface area contributed by atoms with Crippen molar-refractivity contribution in [1.82, 2.24) is 14.9 Å². The Kier molecular flexibility index (Phi) is 5.85. The molecular formula is C18H17BrN4O2S. The van der Waals surface area contributed by atoms with E-state index in [0.29, 0.717) is 28.7 Å². The van der Waals surface area contributed by atoms with E-state index in [1.54, 1.807) is 18.0 Å². The molecule has 0 saturated heterocycles. The average Bonchev–Trinajstić information content (AvgIpc) is 3.02. The van der Waals surface area contributed by atoms with Gasteiger partial charge in [0.1, 0.15) is 0 Å². The van der Waals surface area contributed by atoms with E-state index in [2.05, 4.69) is 31.2 Å². The number of aromatic amines is 1. The summed E-state index contributed by atoms with van der Waals surface area (Å²) in [6.45, 7) is 2.48. The van der Waals surface area contributed by atoms with E-state index in [1.807, 2.05) is 49.4 Å². The second-order valence-corrected chi connectivity index (χ2v) is 6.47. The van der Waals surface area contributed by atoms with Gasteiger partial charge in [-0.25, -0.2) is 5.10 Å². The number of H-pyrrole nitrogens is 1. The molecule has 0 aliphatic heterocycles. The standard InChI is InChI=1S/C18H17BrN4O2S/c1-3-25-16-10-14(19)13(9-15(16)24-2)11-20-23-17(21-22-18(23)26)12-7-5-4-6-8-12/h4-11H,3H2,1-2H3,(H,22,26)/b20-11-. The summed E-state index contributed by atoms with van der Waals surface area (Å²) in [6, 6.07) is 13.4. The van der Waals surface area contributed by atoms with Gasteiger partial charge in [0.2, 0.25) is 4.77 Å². The third kappa shape index (κ3) is 3.86. The molecule has 0 spiro atoms. The van der Waals surface area contributed by atoms with Crippen molar-refractivity contribution >= 4 is 34.4 Å². The van der Waals surface area contributed by atoms with Crippen molar-refractivity contribution in [3.63, 3.8) is 0 Å². The van der Waals surface area contributed by atoms with E-state index in [4.69, 9.17) is 21.7 Å². The first-order chi connectivity index (χ1) is 12.6. The minimum atomic E-state index is 0.411. The molecule has 0 aliphatic carbocycles. The van der Waals surface area contributed by atoms with Crippen LogP contribution in [0.15, 0.2) is 52.0 Å². The van der Waals surface area contributed by atoms with Crippen LogP contribution in [0.5, 0.6) is 11.5 Å². The van der Waals surface area contributed by atoms with Gasteiger partial charge in [-0.05, 0) is 47.2 Å². The lowest BCUT2D eigenvalue weighted by atomic mass is 10.2. The lowest BCUT2D eigenvalue weighted by Gasteiger charge is -2.11. The van der Waals surface area contributed by atoms with Crippen LogP contribution in [0.1, 0.15) is 12.5 Å². The maximum Gasteiger partial charge on any atom is 0.216 e. The lowest BCUT2D eigenvalue weighted by Crippen LogP contribution is -1.99. The number of ether oxygens (including phenoxy) is 2. The average molecular weight is 433 g/mol. The molecule has 0 amide bonds. The van der Waals surface area contributed by atoms with Crippen molar-refractivity contribution in [2.75, 3.05) is 13.7 Å². The number of hydrogen-bond acceptors (Lipinski definition) is 5. The zero-order chi connectivity index (χ0) is 18.5. The quantitative estimate of drug-likeness (QED) is 0.454. The number of nitrogens with zero attached hydrogens (tertiary/aromatic N) is 3. The number of hydrogen-bond donors (Lipinski definition) is 1. The van der Waals surface area contributed by atoms with Crippen LogP contribution in [0.2, 0.25) is 0 Å². The first kappa shape index (κ1) is 18.3. The molecule has 3 rings (SSSR count). The summed E-state index contributed by atoms with van der Waals surface area (Å²) in [5.74, 6) is 1.94. The van der Waals surface area contributed by atoms with E-state index < -0.39 is 0 Å². The van der Waals surface area contributed by atoms with Gasteiger partial charge in [-0.15, -0.1) is 0 Å². The minimum absolute atomic E-state index is 0.411. The summed E-state index contributed by atoms with van der Waals surface area (Å²) >= 11 is 8.84. The van der Waals surface area contributed by atoms with Crippen molar-refractivity contribution < 1.29 is 9.47 Å². The van der Waals surface area contributed by atoms with Crippen LogP contribution in [0.4, 0.5) is 0 Å². The van der Waals surface area contributed by atoms with Gasteiger partial charge < -0.3 is 9.47 Å². The van der Waals surface area contributed by atoms with Gasteiger partial charge in [0.15, 0.2) is 17.3 Å². The smallest absolute Gasteiger partial charge is 0.216 e. The molecule has 8 heteroatoms. The molecule has 1 heterocycles. The number of aromatic nitrogens is 3. The molecule has 3 aromatic rings. The van der Waals surface area contributed by atoms with Gasteiger partial charge >= 0.3 is 0 Å². The predicted molar refractivity (Wildman–Crippen MR) is 108 cm³/mol. The fourth-order valence-corrected chi connectivity index (χ4v) is 2.97. The summed E-state index contributed by atoms with van der Waals surface area (Å²) in [6.07, 6.45) is 1.69. The number of rotatable bonds is 6. The second kappa shape index (κ2) is 8.29. The van der Waals surface area contributed by atoms with Gasteiger partial charge in [0.05, 0.1) is 19.9 Å². The highest BCUT2D eigenvalue weighted by atomic mass is 79.9. The molecule has 0 aliphatic rings. The van der Waals surface area contributed by atoms with Crippen LogP contribution >= 0.6 is 28.1 Å². The van der Waals surface area contributed by atoms with Crippen LogP contribution in [0.25, 0.3) is 11.4 Å². The minimum Gasteiger partial charge on any atom is -0.493 e. The molecule has 0 saturated carbocycles. The summed E-state index contributed by atoms with van der Waals surface area (Å²) in [5, 5.41) is 11.5. The first-order valence-electron chi connectivity index (χ1n) is 7.91. The van der Waals surface area contributed by atoms with Crippen LogP contribution in [0, 0.1) is 4.77 Å². The first-order valence-corrected chi connectivity index (χ1v) is 9.11. The summed E-state index contributed by atoms with van der Waals surface area (Å²) in [7, 11) is 1.60. The number of halogens is 1. The van der Waals surface area contributed by atoms with Crippen molar-refractivity contribution in [2.45, 2.75) is 6.92 Å². The molecule has 1 aromatic heterocycles. The molecule has 134 valence electrons. The molecule has 0 atom stereocenters. The molecule has 0 radical (unpaired) electrons. The number of nitrogens with one attached hydrogen (secondary N) is 1. The van der Waals surface area contributed by atoms with E-state index in [-0.39, 0.29) is 0 Å². The van der Waals surface area contributed by atoms with Gasteiger partial charge in [-0.3, -0.25) is 0 Å². The number of methoxy groups -OCH3 is 1.